The van der Waals surface area contributed by atoms with E-state index in [2.05, 4.69) is 10.6 Å². The Labute approximate surface area is 193 Å². The maximum atomic E-state index is 11.6. The summed E-state index contributed by atoms with van der Waals surface area (Å²) >= 11 is 0. The molecule has 0 aromatic heterocycles. The van der Waals surface area contributed by atoms with Crippen molar-refractivity contribution in [3.05, 3.63) is 0 Å². The number of hydrogen-bond acceptors (Lipinski definition) is 12. The molecular weight excluding hydrogens is 464 g/mol. The smallest absolute Gasteiger partial charge is 0.321 e. The highest BCUT2D eigenvalue weighted by Crippen LogP contribution is 2.25. The van der Waals surface area contributed by atoms with Gasteiger partial charge in [-0.2, -0.15) is 0 Å². The molecule has 0 aliphatic carbocycles. The lowest BCUT2D eigenvalue weighted by molar-refractivity contribution is -0.221. The molecule has 4 aliphatic rings. The minimum Gasteiger partial charge on any atom is -0.394 e. The summed E-state index contributed by atoms with van der Waals surface area (Å²) in [5.41, 5.74) is 0. The fourth-order valence-corrected chi connectivity index (χ4v) is 4.01. The molecule has 4 rings (SSSR count). The molecule has 196 valence electrons. The highest BCUT2D eigenvalue weighted by atomic mass is 16.6. The summed E-state index contributed by atoms with van der Waals surface area (Å²) in [6, 6.07) is -1.14. The molecular formula is C18H32N4O12. The Morgan fingerprint density at radius 2 is 1.26 bits per heavy atom. The van der Waals surface area contributed by atoms with Gasteiger partial charge in [0, 0.05) is 25.9 Å². The second kappa shape index (κ2) is 11.3. The average Bonchev–Trinajstić information content (AvgIpc) is 3.07. The molecule has 0 spiro atoms. The lowest BCUT2D eigenvalue weighted by Gasteiger charge is -2.43. The molecule has 0 radical (unpaired) electrons. The van der Waals surface area contributed by atoms with E-state index in [9.17, 15) is 45.3 Å². The van der Waals surface area contributed by atoms with Crippen molar-refractivity contribution in [2.75, 3.05) is 26.3 Å². The van der Waals surface area contributed by atoms with Crippen molar-refractivity contribution in [1.29, 1.82) is 0 Å². The van der Waals surface area contributed by atoms with Crippen molar-refractivity contribution in [2.24, 2.45) is 0 Å². The molecule has 4 heterocycles. The van der Waals surface area contributed by atoms with Crippen molar-refractivity contribution < 1.29 is 59.9 Å². The van der Waals surface area contributed by atoms with Gasteiger partial charge >= 0.3 is 12.1 Å². The highest BCUT2D eigenvalue weighted by molar-refractivity contribution is 5.75. The molecule has 4 saturated heterocycles. The van der Waals surface area contributed by atoms with Crippen molar-refractivity contribution in [3.63, 3.8) is 0 Å². The van der Waals surface area contributed by atoms with Gasteiger partial charge in [-0.15, -0.1) is 0 Å². The quantitative estimate of drug-likeness (QED) is 0.176. The van der Waals surface area contributed by atoms with Crippen LogP contribution in [0.2, 0.25) is 0 Å². The van der Waals surface area contributed by atoms with Crippen LogP contribution in [0.15, 0.2) is 0 Å². The van der Waals surface area contributed by atoms with E-state index in [0.29, 0.717) is 12.8 Å². The number of aliphatic hydroxyl groups is 8. The van der Waals surface area contributed by atoms with Gasteiger partial charge in [-0.3, -0.25) is 9.80 Å². The van der Waals surface area contributed by atoms with Gasteiger partial charge in [-0.25, -0.2) is 9.59 Å². The number of hydrogen-bond donors (Lipinski definition) is 10. The molecule has 0 aromatic carbocycles. The zero-order valence-corrected chi connectivity index (χ0v) is 18.1. The topological polar surface area (TPSA) is 245 Å². The van der Waals surface area contributed by atoms with Gasteiger partial charge < -0.3 is 61.0 Å². The number of aliphatic hydroxyl groups excluding tert-OH is 8. The van der Waals surface area contributed by atoms with E-state index in [1.54, 1.807) is 0 Å². The third kappa shape index (κ3) is 5.68. The number of carbonyl (C=O) groups is 2. The summed E-state index contributed by atoms with van der Waals surface area (Å²) in [5.74, 6) is 0. The number of urea groups is 2. The number of amides is 4. The van der Waals surface area contributed by atoms with Crippen LogP contribution >= 0.6 is 0 Å². The standard InChI is InChI=1S/2C9H16N2O6/c12-4-3-17-8(7(15)6(4)14)11-2-1-5(13)10-9(11)16;12-3-4-6(14)7(15)8(17-4)11-2-1-5(13)10-9(11)16/h2*4-8,12-15H,1-3H2,(H,10,16)/t2*4-,5?,6-,7-,8-/m11/s1. The van der Waals surface area contributed by atoms with Gasteiger partial charge in [0.2, 0.25) is 0 Å². The minimum absolute atomic E-state index is 0.158. The van der Waals surface area contributed by atoms with Crippen LogP contribution in [-0.4, -0.2) is 151 Å². The number of rotatable bonds is 3. The summed E-state index contributed by atoms with van der Waals surface area (Å²) in [5, 5.41) is 79.7. The Hall–Kier alpha value is -1.86. The Morgan fingerprint density at radius 1 is 0.765 bits per heavy atom. The summed E-state index contributed by atoms with van der Waals surface area (Å²) < 4.78 is 10.4. The van der Waals surface area contributed by atoms with Gasteiger partial charge in [0.05, 0.1) is 13.2 Å². The van der Waals surface area contributed by atoms with E-state index >= 15 is 0 Å². The summed E-state index contributed by atoms with van der Waals surface area (Å²) in [7, 11) is 0. The molecule has 4 aliphatic heterocycles. The van der Waals surface area contributed by atoms with Gasteiger partial charge in [-0.05, 0) is 0 Å². The number of carbonyl (C=O) groups excluding carboxylic acids is 2. The van der Waals surface area contributed by atoms with Gasteiger partial charge in [-0.1, -0.05) is 0 Å². The van der Waals surface area contributed by atoms with E-state index in [0.717, 1.165) is 0 Å². The SMILES string of the molecule is O=C1NC(O)CCN1[C@@H]1OC[C@@H](O)[C@@H](O)[C@H]1O.O=C1NC(O)CCN1[C@@H]1O[C@H](CO)[C@@H](O)[C@H]1O. The van der Waals surface area contributed by atoms with Crippen molar-refractivity contribution in [1.82, 2.24) is 20.4 Å². The van der Waals surface area contributed by atoms with E-state index in [1.165, 1.54) is 9.80 Å². The molecule has 0 bridgehead atoms. The largest absolute Gasteiger partial charge is 0.394 e. The minimum atomic E-state index is -1.38. The molecule has 16 heteroatoms. The van der Waals surface area contributed by atoms with Crippen LogP contribution in [0.5, 0.6) is 0 Å². The van der Waals surface area contributed by atoms with Crippen molar-refractivity contribution >= 4 is 12.1 Å². The third-order valence-corrected chi connectivity index (χ3v) is 5.99. The maximum Gasteiger partial charge on any atom is 0.321 e. The van der Waals surface area contributed by atoms with Crippen LogP contribution in [0.25, 0.3) is 0 Å². The normalized spacial score (nSPS) is 43.1. The lowest BCUT2D eigenvalue weighted by Crippen LogP contribution is -2.64. The fraction of sp³-hybridized carbons (Fsp3) is 0.889. The van der Waals surface area contributed by atoms with E-state index in [-0.39, 0.29) is 19.7 Å². The first-order valence-corrected chi connectivity index (χ1v) is 10.8. The van der Waals surface area contributed by atoms with Gasteiger partial charge in [0.25, 0.3) is 0 Å². The zero-order chi connectivity index (χ0) is 25.2. The summed E-state index contributed by atoms with van der Waals surface area (Å²) in [6.45, 7) is -0.181. The molecule has 0 aromatic rings. The Morgan fingerprint density at radius 3 is 1.74 bits per heavy atom. The van der Waals surface area contributed by atoms with E-state index < -0.39 is 80.2 Å². The highest BCUT2D eigenvalue weighted by Gasteiger charge is 2.47. The van der Waals surface area contributed by atoms with Gasteiger partial charge in [0.15, 0.2) is 12.5 Å². The lowest BCUT2D eigenvalue weighted by atomic mass is 10.0. The molecule has 16 nitrogen and oxygen atoms in total. The zero-order valence-electron chi connectivity index (χ0n) is 18.1. The summed E-state index contributed by atoms with van der Waals surface area (Å²) in [4.78, 5) is 25.5. The number of nitrogens with one attached hydrogen (secondary N) is 2. The van der Waals surface area contributed by atoms with E-state index in [1.807, 2.05) is 0 Å². The van der Waals surface area contributed by atoms with Crippen LogP contribution in [0, 0.1) is 0 Å². The molecule has 4 fully saturated rings. The molecule has 4 amide bonds. The van der Waals surface area contributed by atoms with Crippen LogP contribution < -0.4 is 10.6 Å². The van der Waals surface area contributed by atoms with Crippen LogP contribution in [0.3, 0.4) is 0 Å². The van der Waals surface area contributed by atoms with Crippen LogP contribution in [0.1, 0.15) is 12.8 Å². The average molecular weight is 496 g/mol. The van der Waals surface area contributed by atoms with E-state index in [4.69, 9.17) is 14.6 Å². The van der Waals surface area contributed by atoms with Crippen molar-refractivity contribution in [3.8, 4) is 0 Å². The molecule has 10 atom stereocenters. The first-order valence-electron chi connectivity index (χ1n) is 10.8. The molecule has 10 N–H and O–H groups in total. The van der Waals surface area contributed by atoms with Crippen molar-refractivity contribution in [2.45, 2.75) is 74.4 Å². The molecule has 2 unspecified atom stereocenters. The first-order chi connectivity index (χ1) is 16.0. The maximum absolute atomic E-state index is 11.6. The number of ether oxygens (including phenoxy) is 2. The predicted octanol–water partition coefficient (Wildman–Crippen LogP) is -5.68. The van der Waals surface area contributed by atoms with Gasteiger partial charge in [0.1, 0.15) is 49.1 Å². The Kier molecular flexibility index (Phi) is 8.85. The molecule has 34 heavy (non-hydrogen) atoms. The monoisotopic (exact) mass is 496 g/mol. The predicted molar refractivity (Wildman–Crippen MR) is 107 cm³/mol. The number of nitrogens with zero attached hydrogens (tertiary/aromatic N) is 2. The second-order valence-corrected chi connectivity index (χ2v) is 8.40. The first kappa shape index (κ1) is 26.7. The Bertz CT molecular complexity index is 688. The van der Waals surface area contributed by atoms with Crippen LogP contribution in [-0.2, 0) is 9.47 Å². The fourth-order valence-electron chi connectivity index (χ4n) is 4.01. The Balaban J connectivity index is 0.000000191. The second-order valence-electron chi connectivity index (χ2n) is 8.40. The third-order valence-electron chi connectivity index (χ3n) is 5.99. The summed E-state index contributed by atoms with van der Waals surface area (Å²) in [6.07, 6.45) is -10.5. The molecule has 0 saturated carbocycles. The van der Waals surface area contributed by atoms with Crippen LogP contribution in [0.4, 0.5) is 9.59 Å².